The molecule has 0 aromatic heterocycles. The predicted molar refractivity (Wildman–Crippen MR) is 109 cm³/mol. The molecule has 2 aromatic rings. The zero-order valence-electron chi connectivity index (χ0n) is 14.8. The smallest absolute Gasteiger partial charge is 0.321 e. The summed E-state index contributed by atoms with van der Waals surface area (Å²) in [5.74, 6) is -1.43. The van der Waals surface area contributed by atoms with E-state index in [2.05, 4.69) is 4.72 Å². The van der Waals surface area contributed by atoms with Gasteiger partial charge in [-0.1, -0.05) is 53.0 Å². The van der Waals surface area contributed by atoms with Gasteiger partial charge in [0.2, 0.25) is 15.8 Å². The Bertz CT molecular complexity index is 1000. The third-order valence-electron chi connectivity index (χ3n) is 3.53. The summed E-state index contributed by atoms with van der Waals surface area (Å²) in [6.07, 6.45) is 1.40. The fourth-order valence-corrected chi connectivity index (χ4v) is 3.31. The van der Waals surface area contributed by atoms with Crippen LogP contribution in [0.5, 0.6) is 0 Å². The third kappa shape index (κ3) is 7.09. The Morgan fingerprint density at radius 2 is 1.79 bits per heavy atom. The van der Waals surface area contributed by atoms with Crippen molar-refractivity contribution in [3.05, 3.63) is 74.6 Å². The highest BCUT2D eigenvalue weighted by molar-refractivity contribution is 7.92. The predicted octanol–water partition coefficient (Wildman–Crippen LogP) is 3.62. The maximum atomic E-state index is 12.0. The minimum Gasteiger partial charge on any atom is -0.456 e. The van der Waals surface area contributed by atoms with Gasteiger partial charge >= 0.3 is 5.97 Å². The Morgan fingerprint density at radius 3 is 2.43 bits per heavy atom. The zero-order chi connectivity index (χ0) is 20.7. The standard InChI is InChI=1S/C19H17Cl2NO5S/c1-13-2-4-14(5-3-13)8-9-28(25,26)22-11-19(24)27-12-18(23)16-7-6-15(20)10-17(16)21/h2-10,22H,11-12H2,1H3/b9-8+. The summed E-state index contributed by atoms with van der Waals surface area (Å²) in [7, 11) is -3.84. The van der Waals surface area contributed by atoms with Crippen LogP contribution in [0.1, 0.15) is 21.5 Å². The Labute approximate surface area is 173 Å². The molecule has 0 spiro atoms. The van der Waals surface area contributed by atoms with E-state index in [1.165, 1.54) is 24.3 Å². The van der Waals surface area contributed by atoms with Crippen molar-refractivity contribution in [3.63, 3.8) is 0 Å². The Balaban J connectivity index is 1.84. The number of benzene rings is 2. The summed E-state index contributed by atoms with van der Waals surface area (Å²) in [6.45, 7) is 0.742. The second kappa shape index (κ2) is 9.84. The first-order chi connectivity index (χ1) is 13.2. The molecule has 0 saturated carbocycles. The van der Waals surface area contributed by atoms with Crippen LogP contribution in [-0.4, -0.2) is 33.3 Å². The molecule has 0 saturated heterocycles. The molecule has 0 aliphatic rings. The maximum Gasteiger partial charge on any atom is 0.321 e. The number of hydrogen-bond acceptors (Lipinski definition) is 5. The average molecular weight is 442 g/mol. The summed E-state index contributed by atoms with van der Waals surface area (Å²) in [4.78, 5) is 23.7. The summed E-state index contributed by atoms with van der Waals surface area (Å²) < 4.78 is 30.7. The van der Waals surface area contributed by atoms with Crippen molar-refractivity contribution in [1.82, 2.24) is 4.72 Å². The number of Topliss-reactive ketones (excluding diaryl/α,β-unsaturated/α-hetero) is 1. The van der Waals surface area contributed by atoms with Crippen molar-refractivity contribution in [2.45, 2.75) is 6.92 Å². The molecule has 1 N–H and O–H groups in total. The number of aryl methyl sites for hydroxylation is 1. The number of sulfonamides is 1. The molecule has 0 unspecified atom stereocenters. The molecule has 2 aromatic carbocycles. The van der Waals surface area contributed by atoms with Crippen molar-refractivity contribution in [3.8, 4) is 0 Å². The largest absolute Gasteiger partial charge is 0.456 e. The van der Waals surface area contributed by atoms with Gasteiger partial charge in [-0.05, 0) is 36.8 Å². The number of carbonyl (C=O) groups is 2. The van der Waals surface area contributed by atoms with Crippen LogP contribution in [0.15, 0.2) is 47.9 Å². The van der Waals surface area contributed by atoms with E-state index < -0.39 is 34.9 Å². The van der Waals surface area contributed by atoms with Crippen LogP contribution in [-0.2, 0) is 19.6 Å². The normalized spacial score (nSPS) is 11.5. The number of carbonyl (C=O) groups excluding carboxylic acids is 2. The molecule has 0 radical (unpaired) electrons. The lowest BCUT2D eigenvalue weighted by Gasteiger charge is -2.06. The van der Waals surface area contributed by atoms with Crippen LogP contribution in [0.3, 0.4) is 0 Å². The van der Waals surface area contributed by atoms with Gasteiger partial charge in [-0.15, -0.1) is 0 Å². The van der Waals surface area contributed by atoms with Gasteiger partial charge in [-0.2, -0.15) is 0 Å². The van der Waals surface area contributed by atoms with Crippen LogP contribution in [0.4, 0.5) is 0 Å². The molecule has 2 rings (SSSR count). The SMILES string of the molecule is Cc1ccc(/C=C/S(=O)(=O)NCC(=O)OCC(=O)c2ccc(Cl)cc2Cl)cc1. The lowest BCUT2D eigenvalue weighted by molar-refractivity contribution is -0.141. The number of nitrogens with one attached hydrogen (secondary N) is 1. The van der Waals surface area contributed by atoms with E-state index >= 15 is 0 Å². The van der Waals surface area contributed by atoms with E-state index in [1.807, 2.05) is 19.1 Å². The van der Waals surface area contributed by atoms with Gasteiger partial charge in [-0.3, -0.25) is 9.59 Å². The van der Waals surface area contributed by atoms with Gasteiger partial charge in [0.15, 0.2) is 6.61 Å². The molecular weight excluding hydrogens is 425 g/mol. The van der Waals surface area contributed by atoms with Crippen molar-refractivity contribution in [1.29, 1.82) is 0 Å². The van der Waals surface area contributed by atoms with Crippen LogP contribution in [0.2, 0.25) is 10.0 Å². The van der Waals surface area contributed by atoms with Crippen molar-refractivity contribution < 1.29 is 22.7 Å². The summed E-state index contributed by atoms with van der Waals surface area (Å²) in [5, 5.41) is 1.45. The Kier molecular flexibility index (Phi) is 7.77. The van der Waals surface area contributed by atoms with Crippen LogP contribution < -0.4 is 4.72 Å². The minimum absolute atomic E-state index is 0.135. The quantitative estimate of drug-likeness (QED) is 0.498. The summed E-state index contributed by atoms with van der Waals surface area (Å²) >= 11 is 11.7. The lowest BCUT2D eigenvalue weighted by atomic mass is 10.1. The van der Waals surface area contributed by atoms with Crippen LogP contribution in [0, 0.1) is 6.92 Å². The van der Waals surface area contributed by atoms with E-state index in [0.29, 0.717) is 10.6 Å². The molecule has 6 nitrogen and oxygen atoms in total. The fraction of sp³-hybridized carbons (Fsp3) is 0.158. The monoisotopic (exact) mass is 441 g/mol. The first-order valence-electron chi connectivity index (χ1n) is 8.04. The molecule has 0 fully saturated rings. The van der Waals surface area contributed by atoms with Crippen molar-refractivity contribution in [2.24, 2.45) is 0 Å². The highest BCUT2D eigenvalue weighted by Gasteiger charge is 2.15. The number of hydrogen-bond donors (Lipinski definition) is 1. The van der Waals surface area contributed by atoms with Crippen LogP contribution in [0.25, 0.3) is 6.08 Å². The molecule has 9 heteroatoms. The number of ketones is 1. The van der Waals surface area contributed by atoms with Gasteiger partial charge in [-0.25, -0.2) is 13.1 Å². The molecule has 0 aliphatic heterocycles. The molecule has 148 valence electrons. The molecule has 0 aliphatic carbocycles. The van der Waals surface area contributed by atoms with Crippen LogP contribution >= 0.6 is 23.2 Å². The van der Waals surface area contributed by atoms with Gasteiger partial charge in [0, 0.05) is 16.0 Å². The second-order valence-electron chi connectivity index (χ2n) is 5.79. The average Bonchev–Trinajstić information content (AvgIpc) is 2.64. The van der Waals surface area contributed by atoms with E-state index in [9.17, 15) is 18.0 Å². The van der Waals surface area contributed by atoms with Gasteiger partial charge < -0.3 is 4.74 Å². The van der Waals surface area contributed by atoms with Crippen molar-refractivity contribution >= 4 is 51.1 Å². The number of ether oxygens (including phenoxy) is 1. The molecule has 0 amide bonds. The molecule has 0 heterocycles. The van der Waals surface area contributed by atoms with E-state index in [1.54, 1.807) is 12.1 Å². The zero-order valence-corrected chi connectivity index (χ0v) is 17.1. The lowest BCUT2D eigenvalue weighted by Crippen LogP contribution is -2.30. The number of esters is 1. The number of rotatable bonds is 8. The third-order valence-corrected chi connectivity index (χ3v) is 5.12. The molecule has 0 bridgehead atoms. The highest BCUT2D eigenvalue weighted by atomic mass is 35.5. The first kappa shape index (κ1) is 22.1. The Hall–Kier alpha value is -2.19. The molecule has 0 atom stereocenters. The maximum absolute atomic E-state index is 12.0. The van der Waals surface area contributed by atoms with Gasteiger partial charge in [0.05, 0.1) is 5.02 Å². The van der Waals surface area contributed by atoms with Gasteiger partial charge in [0.25, 0.3) is 0 Å². The molecular formula is C19H17Cl2NO5S. The topological polar surface area (TPSA) is 89.5 Å². The highest BCUT2D eigenvalue weighted by Crippen LogP contribution is 2.21. The summed E-state index contributed by atoms with van der Waals surface area (Å²) in [6, 6.07) is 11.5. The Morgan fingerprint density at radius 1 is 1.11 bits per heavy atom. The van der Waals surface area contributed by atoms with E-state index in [4.69, 9.17) is 27.9 Å². The van der Waals surface area contributed by atoms with E-state index in [0.717, 1.165) is 11.0 Å². The molecule has 28 heavy (non-hydrogen) atoms. The van der Waals surface area contributed by atoms with E-state index in [-0.39, 0.29) is 10.6 Å². The second-order valence-corrected chi connectivity index (χ2v) is 8.28. The first-order valence-corrected chi connectivity index (χ1v) is 10.3. The van der Waals surface area contributed by atoms with Gasteiger partial charge in [0.1, 0.15) is 6.54 Å². The minimum atomic E-state index is -3.84. The van der Waals surface area contributed by atoms with Crippen molar-refractivity contribution in [2.75, 3.05) is 13.2 Å². The fourth-order valence-electron chi connectivity index (χ4n) is 2.04. The number of halogens is 2. The summed E-state index contributed by atoms with van der Waals surface area (Å²) in [5.41, 5.74) is 1.90.